The van der Waals surface area contributed by atoms with Gasteiger partial charge >= 0.3 is 0 Å². The highest BCUT2D eigenvalue weighted by molar-refractivity contribution is 6.04. The first kappa shape index (κ1) is 38.3. The topological polar surface area (TPSA) is 110 Å². The number of carbonyl (C=O) groups is 1. The number of allylic oxidation sites excluding steroid dienone is 1. The zero-order valence-electron chi connectivity index (χ0n) is 31.1. The zero-order valence-corrected chi connectivity index (χ0v) is 31.1. The Morgan fingerprint density at radius 1 is 0.981 bits per heavy atom. The second-order valence-corrected chi connectivity index (χ2v) is 14.3. The molecule has 2 N–H and O–H groups in total. The fourth-order valence-corrected chi connectivity index (χ4v) is 8.78. The minimum Gasteiger partial charge on any atom is -0.490 e. The van der Waals surface area contributed by atoms with Gasteiger partial charge in [-0.15, -0.1) is 6.58 Å². The monoisotopic (exact) mass is 722 g/mol. The van der Waals surface area contributed by atoms with Gasteiger partial charge in [-0.1, -0.05) is 73.1 Å². The number of fused-ring (bicyclic) bond motifs is 3. The summed E-state index contributed by atoms with van der Waals surface area (Å²) in [7, 11) is 1.83. The van der Waals surface area contributed by atoms with E-state index in [0.29, 0.717) is 49.5 Å². The maximum absolute atomic E-state index is 14.6. The van der Waals surface area contributed by atoms with E-state index in [4.69, 9.17) is 24.2 Å². The van der Waals surface area contributed by atoms with E-state index in [-0.39, 0.29) is 49.4 Å². The summed E-state index contributed by atoms with van der Waals surface area (Å²) in [6.45, 7) is 11.0. The Labute approximate surface area is 313 Å². The quantitative estimate of drug-likeness (QED) is 0.0783. The molecule has 0 unspecified atom stereocenters. The molecule has 2 aliphatic carbocycles. The molecule has 9 heteroatoms. The van der Waals surface area contributed by atoms with Gasteiger partial charge in [0.05, 0.1) is 18.2 Å². The number of unbranched alkanes of at least 4 members (excludes halogenated alkanes) is 2. The normalized spacial score (nSPS) is 25.1. The third kappa shape index (κ3) is 7.79. The summed E-state index contributed by atoms with van der Waals surface area (Å²) in [5.74, 6) is -0.265. The van der Waals surface area contributed by atoms with Crippen LogP contribution < -0.4 is 9.47 Å². The van der Waals surface area contributed by atoms with Crippen LogP contribution in [0.4, 0.5) is 0 Å². The molecule has 1 aliphatic heterocycles. The minimum atomic E-state index is -1.31. The van der Waals surface area contributed by atoms with Gasteiger partial charge in [0.25, 0.3) is 5.91 Å². The van der Waals surface area contributed by atoms with Crippen molar-refractivity contribution >= 4 is 22.4 Å². The first-order chi connectivity index (χ1) is 25.9. The molecule has 6 atom stereocenters. The number of ether oxygens (including phenoxy) is 3. The number of aliphatic hydroxyl groups excluding tert-OH is 2. The molecule has 3 aliphatic rings. The fraction of sp³-hybridized carbons (Fsp3) is 0.455. The average molecular weight is 723 g/mol. The van der Waals surface area contributed by atoms with Crippen LogP contribution >= 0.6 is 0 Å². The van der Waals surface area contributed by atoms with Crippen LogP contribution in [0.15, 0.2) is 103 Å². The summed E-state index contributed by atoms with van der Waals surface area (Å²) in [6.07, 6.45) is 11.0. The number of nitrogens with zero attached hydrogens (tertiary/aromatic N) is 2. The Hall–Kier alpha value is -4.44. The van der Waals surface area contributed by atoms with E-state index in [1.54, 1.807) is 17.1 Å². The lowest BCUT2D eigenvalue weighted by atomic mass is 9.55. The predicted molar refractivity (Wildman–Crippen MR) is 208 cm³/mol. The van der Waals surface area contributed by atoms with Gasteiger partial charge < -0.3 is 34.2 Å². The Bertz CT molecular complexity index is 1820. The van der Waals surface area contributed by atoms with Gasteiger partial charge in [-0.2, -0.15) is 0 Å². The van der Waals surface area contributed by atoms with E-state index in [0.717, 1.165) is 53.3 Å². The van der Waals surface area contributed by atoms with Gasteiger partial charge in [0, 0.05) is 43.7 Å². The maximum Gasteiger partial charge on any atom is 0.254 e. The van der Waals surface area contributed by atoms with Crippen LogP contribution in [0.1, 0.15) is 73.7 Å². The molecule has 1 heterocycles. The third-order valence-electron chi connectivity index (χ3n) is 11.1. The van der Waals surface area contributed by atoms with E-state index in [9.17, 15) is 15.0 Å². The van der Waals surface area contributed by atoms with E-state index in [1.807, 2.05) is 68.6 Å². The Balaban J connectivity index is 1.56. The van der Waals surface area contributed by atoms with E-state index < -0.39 is 11.8 Å². The van der Waals surface area contributed by atoms with E-state index in [2.05, 4.69) is 25.3 Å². The molecule has 3 aromatic rings. The average Bonchev–Trinajstić information content (AvgIpc) is 3.19. The number of carbonyl (C=O) groups excluding carboxylic acids is 1. The smallest absolute Gasteiger partial charge is 0.254 e. The van der Waals surface area contributed by atoms with Crippen molar-refractivity contribution in [2.24, 2.45) is 22.9 Å². The molecule has 3 aromatic carbocycles. The molecule has 0 aromatic heterocycles. The Morgan fingerprint density at radius 2 is 1.74 bits per heavy atom. The molecule has 6 rings (SSSR count). The van der Waals surface area contributed by atoms with Crippen LogP contribution in [-0.4, -0.2) is 78.6 Å². The second-order valence-electron chi connectivity index (χ2n) is 14.3. The number of benzene rings is 3. The number of hydrogen-bond donors (Lipinski definition) is 2. The van der Waals surface area contributed by atoms with Crippen LogP contribution in [0.25, 0.3) is 10.8 Å². The molecule has 1 amide bonds. The van der Waals surface area contributed by atoms with Gasteiger partial charge in [0.1, 0.15) is 30.8 Å². The number of likely N-dealkylation sites (N-methyl/N-ethyl adjacent to an activating group) is 1. The van der Waals surface area contributed by atoms with Crippen molar-refractivity contribution in [2.75, 3.05) is 40.1 Å². The summed E-state index contributed by atoms with van der Waals surface area (Å²) in [5, 5.41) is 26.4. The Morgan fingerprint density at radius 3 is 2.47 bits per heavy atom. The van der Waals surface area contributed by atoms with Gasteiger partial charge in [0.2, 0.25) is 5.79 Å². The zero-order chi connectivity index (χ0) is 37.4. The van der Waals surface area contributed by atoms with E-state index >= 15 is 0 Å². The molecule has 0 bridgehead atoms. The molecule has 0 saturated heterocycles. The molecule has 0 radical (unpaired) electrons. The molecule has 9 nitrogen and oxygen atoms in total. The number of aliphatic hydroxyl groups is 2. The number of oxime groups is 1. The maximum atomic E-state index is 14.6. The second kappa shape index (κ2) is 17.6. The van der Waals surface area contributed by atoms with E-state index in [1.165, 1.54) is 0 Å². The molecule has 282 valence electrons. The summed E-state index contributed by atoms with van der Waals surface area (Å²) < 4.78 is 20.3. The number of rotatable bonds is 18. The summed E-state index contributed by atoms with van der Waals surface area (Å²) in [4.78, 5) is 22.2. The highest BCUT2D eigenvalue weighted by Crippen LogP contribution is 2.61. The van der Waals surface area contributed by atoms with Crippen molar-refractivity contribution < 1.29 is 34.1 Å². The van der Waals surface area contributed by atoms with Crippen molar-refractivity contribution in [3.8, 4) is 11.5 Å². The van der Waals surface area contributed by atoms with Crippen LogP contribution in [0.2, 0.25) is 0 Å². The lowest BCUT2D eigenvalue weighted by Gasteiger charge is -2.59. The van der Waals surface area contributed by atoms with Crippen molar-refractivity contribution in [2.45, 2.75) is 69.6 Å². The van der Waals surface area contributed by atoms with Crippen molar-refractivity contribution in [3.05, 3.63) is 109 Å². The molecule has 1 fully saturated rings. The first-order valence-corrected chi connectivity index (χ1v) is 19.1. The predicted octanol–water partition coefficient (Wildman–Crippen LogP) is 7.83. The van der Waals surface area contributed by atoms with Crippen LogP contribution in [0.5, 0.6) is 11.5 Å². The molecule has 53 heavy (non-hydrogen) atoms. The standard InChI is InChI=1S/C44H54N2O7/c1-5-24-50-34-20-21-39-37(28-34)41-35(17-11-13-23-48)32(16-10-12-22-47)27-36-38(45-52-7-3)29-40(44(53-39,42(36)41)51-25-6-2)46(4)43(49)33-19-18-30-14-8-9-15-31(30)26-33/h5-6,8-9,14-15,18-21,26-28,32,35,40-42,47-48H,1-2,7,10-13,16-17,22-25,29H2,3-4H3/t32-,35+,40-,41+,42+,44+/m0/s1. The van der Waals surface area contributed by atoms with Gasteiger partial charge in [-0.3, -0.25) is 4.79 Å². The summed E-state index contributed by atoms with van der Waals surface area (Å²) in [6, 6.07) is 19.2. The van der Waals surface area contributed by atoms with Crippen molar-refractivity contribution in [1.29, 1.82) is 0 Å². The largest absolute Gasteiger partial charge is 0.490 e. The third-order valence-corrected chi connectivity index (χ3v) is 11.1. The van der Waals surface area contributed by atoms with Crippen LogP contribution in [0.3, 0.4) is 0 Å². The molecular weight excluding hydrogens is 668 g/mol. The van der Waals surface area contributed by atoms with Crippen molar-refractivity contribution in [3.63, 3.8) is 0 Å². The van der Waals surface area contributed by atoms with Gasteiger partial charge in [0.15, 0.2) is 0 Å². The first-order valence-electron chi connectivity index (χ1n) is 19.1. The van der Waals surface area contributed by atoms with Crippen LogP contribution in [-0.2, 0) is 9.57 Å². The van der Waals surface area contributed by atoms with Gasteiger partial charge in [-0.05, 0) is 91.1 Å². The SMILES string of the molecule is C=CCOc1ccc2c(c1)[C@H]1[C@H](CCCCO)[C@@H](CCCCO)C=C3C(=NOCC)C[C@H](N(C)C(=O)c4ccc5ccccc5c4)[C@@](OCC=C)(O2)[C@H]31. The minimum absolute atomic E-state index is 0.118. The summed E-state index contributed by atoms with van der Waals surface area (Å²) in [5.41, 5.74) is 3.36. The Kier molecular flexibility index (Phi) is 12.7. The molecular formula is C44H54N2O7. The lowest BCUT2D eigenvalue weighted by molar-refractivity contribution is -0.252. The highest BCUT2D eigenvalue weighted by Gasteiger charge is 2.65. The molecule has 1 saturated carbocycles. The molecule has 0 spiro atoms. The highest BCUT2D eigenvalue weighted by atomic mass is 16.7. The van der Waals surface area contributed by atoms with Crippen molar-refractivity contribution in [1.82, 2.24) is 4.90 Å². The summed E-state index contributed by atoms with van der Waals surface area (Å²) >= 11 is 0. The fourth-order valence-electron chi connectivity index (χ4n) is 8.78. The van der Waals surface area contributed by atoms with Crippen LogP contribution in [0, 0.1) is 17.8 Å². The number of amides is 1. The number of hydrogen-bond acceptors (Lipinski definition) is 8. The lowest BCUT2D eigenvalue weighted by Crippen LogP contribution is -2.69. The van der Waals surface area contributed by atoms with Gasteiger partial charge in [-0.25, -0.2) is 0 Å².